The molecule has 2 aromatic carbocycles. The Morgan fingerprint density at radius 2 is 1.78 bits per heavy atom. The van der Waals surface area contributed by atoms with Crippen LogP contribution >= 0.6 is 0 Å². The van der Waals surface area contributed by atoms with Crippen LogP contribution < -0.4 is 10.6 Å². The molecule has 0 aliphatic rings. The molecule has 0 unspecified atom stereocenters. The molecule has 0 saturated carbocycles. The highest BCUT2D eigenvalue weighted by Crippen LogP contribution is 2.24. The number of terminal acetylenes is 1. The average Bonchev–Trinajstić information content (AvgIpc) is 3.17. The highest BCUT2D eigenvalue weighted by molar-refractivity contribution is 6.06. The monoisotopic (exact) mass is 426 g/mol. The maximum Gasteiger partial charge on any atom is 0.258 e. The number of nitrogens with zero attached hydrogens (tertiary/aromatic N) is 2. The number of ether oxygens (including phenoxy) is 1. The van der Waals surface area contributed by atoms with Crippen molar-refractivity contribution >= 4 is 23.3 Å². The highest BCUT2D eigenvalue weighted by Gasteiger charge is 2.14. The first-order valence-electron chi connectivity index (χ1n) is 9.65. The van der Waals surface area contributed by atoms with Crippen LogP contribution in [0.3, 0.4) is 0 Å². The zero-order valence-electron chi connectivity index (χ0n) is 17.6. The van der Waals surface area contributed by atoms with Gasteiger partial charge in [0, 0.05) is 29.9 Å². The highest BCUT2D eigenvalue weighted by atomic mass is 16.5. The van der Waals surface area contributed by atoms with Crippen LogP contribution in [0.25, 0.3) is 11.3 Å². The maximum absolute atomic E-state index is 12.4. The Labute approximate surface area is 186 Å². The number of aromatic nitrogens is 2. The van der Waals surface area contributed by atoms with Crippen molar-refractivity contribution in [3.63, 3.8) is 0 Å². The van der Waals surface area contributed by atoms with Crippen LogP contribution in [0.5, 0.6) is 0 Å². The summed E-state index contributed by atoms with van der Waals surface area (Å²) in [5, 5.41) is 10.0. The van der Waals surface area contributed by atoms with Crippen molar-refractivity contribution in [3.05, 3.63) is 90.7 Å². The van der Waals surface area contributed by atoms with Crippen LogP contribution in [0.15, 0.2) is 85.2 Å². The first kappa shape index (κ1) is 22.1. The molecule has 7 nitrogen and oxygen atoms in total. The third-order valence-corrected chi connectivity index (χ3v) is 4.54. The largest absolute Gasteiger partial charge is 0.481 e. The first-order chi connectivity index (χ1) is 15.4. The van der Waals surface area contributed by atoms with Gasteiger partial charge in [-0.2, -0.15) is 5.10 Å². The summed E-state index contributed by atoms with van der Waals surface area (Å²) in [6.45, 7) is 7.33. The van der Waals surface area contributed by atoms with Gasteiger partial charge in [0.25, 0.3) is 11.8 Å². The van der Waals surface area contributed by atoms with Crippen molar-refractivity contribution in [1.29, 1.82) is 0 Å². The number of hydrogen-bond donors (Lipinski definition) is 2. The van der Waals surface area contributed by atoms with Gasteiger partial charge in [-0.05, 0) is 24.3 Å². The van der Waals surface area contributed by atoms with Gasteiger partial charge in [0.2, 0.25) is 0 Å². The van der Waals surface area contributed by atoms with Crippen molar-refractivity contribution in [2.45, 2.75) is 0 Å². The second-order valence-electron chi connectivity index (χ2n) is 6.78. The quantitative estimate of drug-likeness (QED) is 0.247. The fraction of sp³-hybridized carbons (Fsp3) is 0.0800. The predicted octanol–water partition coefficient (Wildman–Crippen LogP) is 4.00. The Kier molecular flexibility index (Phi) is 6.88. The van der Waals surface area contributed by atoms with Crippen LogP contribution in [-0.4, -0.2) is 28.2 Å². The van der Waals surface area contributed by atoms with E-state index < -0.39 is 5.91 Å². The van der Waals surface area contributed by atoms with Crippen LogP contribution in [0.4, 0.5) is 11.5 Å². The molecule has 160 valence electrons. The molecule has 0 aliphatic heterocycles. The summed E-state index contributed by atoms with van der Waals surface area (Å²) < 4.78 is 6.72. The molecule has 0 saturated heterocycles. The van der Waals surface area contributed by atoms with Crippen molar-refractivity contribution in [1.82, 2.24) is 9.78 Å². The van der Waals surface area contributed by atoms with Crippen LogP contribution in [0.1, 0.15) is 10.4 Å². The topological polar surface area (TPSA) is 85.3 Å². The summed E-state index contributed by atoms with van der Waals surface area (Å²) in [6.07, 6.45) is 5.13. The number of carbonyl (C=O) groups is 2. The molecule has 2 N–H and O–H groups in total. The lowest BCUT2D eigenvalue weighted by molar-refractivity contribution is -0.112. The predicted molar refractivity (Wildman–Crippen MR) is 125 cm³/mol. The fourth-order valence-corrected chi connectivity index (χ4v) is 2.78. The minimum atomic E-state index is -0.441. The van der Waals surface area contributed by atoms with Crippen molar-refractivity contribution in [2.24, 2.45) is 7.05 Å². The van der Waals surface area contributed by atoms with Gasteiger partial charge in [-0.25, -0.2) is 0 Å². The number of nitrogens with one attached hydrogen (secondary N) is 2. The summed E-state index contributed by atoms with van der Waals surface area (Å²) in [7, 11) is 1.75. The standard InChI is InChI=1S/C25H22N4O3/c1-5-15-32-18(3)17(2)24(30)26-21-13-11-19(12-14-21)22-16-23(29(4)28-22)27-25(31)20-9-7-6-8-10-20/h1,6-14,16H,2-3,15H2,4H3,(H,26,30)(H,27,31). The van der Waals surface area contributed by atoms with Gasteiger partial charge in [-0.3, -0.25) is 14.3 Å². The van der Waals surface area contributed by atoms with E-state index in [1.165, 1.54) is 0 Å². The summed E-state index contributed by atoms with van der Waals surface area (Å²) in [6, 6.07) is 17.8. The second-order valence-corrected chi connectivity index (χ2v) is 6.78. The lowest BCUT2D eigenvalue weighted by Crippen LogP contribution is -2.15. The lowest BCUT2D eigenvalue weighted by Gasteiger charge is -2.10. The van der Waals surface area contributed by atoms with E-state index in [2.05, 4.69) is 34.8 Å². The number of aryl methyl sites for hydroxylation is 1. The second kappa shape index (κ2) is 9.96. The lowest BCUT2D eigenvalue weighted by atomic mass is 10.1. The van der Waals surface area contributed by atoms with Gasteiger partial charge in [-0.15, -0.1) is 6.42 Å². The number of anilines is 2. The molecule has 0 bridgehead atoms. The van der Waals surface area contributed by atoms with Gasteiger partial charge in [0.1, 0.15) is 18.2 Å². The third-order valence-electron chi connectivity index (χ3n) is 4.54. The molecule has 2 amide bonds. The summed E-state index contributed by atoms with van der Waals surface area (Å²) in [4.78, 5) is 24.7. The van der Waals surface area contributed by atoms with E-state index >= 15 is 0 Å². The Morgan fingerprint density at radius 3 is 2.44 bits per heavy atom. The van der Waals surface area contributed by atoms with E-state index in [0.717, 1.165) is 5.56 Å². The minimum Gasteiger partial charge on any atom is -0.481 e. The smallest absolute Gasteiger partial charge is 0.258 e. The Bertz CT molecular complexity index is 1200. The molecule has 3 aromatic rings. The molecular weight excluding hydrogens is 404 g/mol. The van der Waals surface area contributed by atoms with Gasteiger partial charge < -0.3 is 15.4 Å². The Hall–Kier alpha value is -4.57. The number of carbonyl (C=O) groups excluding carboxylic acids is 2. The zero-order valence-corrected chi connectivity index (χ0v) is 17.6. The Morgan fingerprint density at radius 1 is 1.09 bits per heavy atom. The van der Waals surface area contributed by atoms with E-state index in [-0.39, 0.29) is 23.8 Å². The van der Waals surface area contributed by atoms with E-state index in [9.17, 15) is 9.59 Å². The normalized spacial score (nSPS) is 10.0. The van der Waals surface area contributed by atoms with Gasteiger partial charge >= 0.3 is 0 Å². The summed E-state index contributed by atoms with van der Waals surface area (Å²) in [5.74, 6) is 2.33. The van der Waals surface area contributed by atoms with Gasteiger partial charge in [-0.1, -0.05) is 49.4 Å². The van der Waals surface area contributed by atoms with E-state index in [0.29, 0.717) is 22.8 Å². The molecular formula is C25H22N4O3. The molecule has 0 aliphatic carbocycles. The van der Waals surface area contributed by atoms with E-state index in [1.54, 1.807) is 54.2 Å². The molecule has 1 heterocycles. The maximum atomic E-state index is 12.4. The third kappa shape index (κ3) is 5.32. The molecule has 7 heteroatoms. The SMILES string of the molecule is C#CCOC(=C)C(=C)C(=O)Nc1ccc(-c2cc(NC(=O)c3ccccc3)n(C)n2)cc1. The molecule has 0 radical (unpaired) electrons. The molecule has 32 heavy (non-hydrogen) atoms. The van der Waals surface area contributed by atoms with Crippen LogP contribution in [-0.2, 0) is 16.6 Å². The van der Waals surface area contributed by atoms with E-state index in [4.69, 9.17) is 11.2 Å². The number of rotatable bonds is 8. The molecule has 0 atom stereocenters. The van der Waals surface area contributed by atoms with Gasteiger partial charge in [0.15, 0.2) is 0 Å². The van der Waals surface area contributed by atoms with Crippen molar-refractivity contribution in [2.75, 3.05) is 17.2 Å². The van der Waals surface area contributed by atoms with Crippen LogP contribution in [0, 0.1) is 12.3 Å². The first-order valence-corrected chi connectivity index (χ1v) is 9.65. The number of hydrogen-bond acceptors (Lipinski definition) is 4. The summed E-state index contributed by atoms with van der Waals surface area (Å²) >= 11 is 0. The van der Waals surface area contributed by atoms with E-state index in [1.807, 2.05) is 18.2 Å². The number of benzene rings is 2. The summed E-state index contributed by atoms with van der Waals surface area (Å²) in [5.41, 5.74) is 2.71. The molecule has 0 spiro atoms. The molecule has 1 aromatic heterocycles. The Balaban J connectivity index is 1.66. The van der Waals surface area contributed by atoms with Crippen LogP contribution in [0.2, 0.25) is 0 Å². The van der Waals surface area contributed by atoms with Gasteiger partial charge in [0.05, 0.1) is 11.3 Å². The number of amides is 2. The van der Waals surface area contributed by atoms with Crippen molar-refractivity contribution < 1.29 is 14.3 Å². The minimum absolute atomic E-state index is 0.0116. The average molecular weight is 426 g/mol. The molecule has 3 rings (SSSR count). The molecule has 0 fully saturated rings. The zero-order chi connectivity index (χ0) is 23.1. The fourth-order valence-electron chi connectivity index (χ4n) is 2.78. The van der Waals surface area contributed by atoms with Crippen molar-refractivity contribution in [3.8, 4) is 23.6 Å².